The number of benzene rings is 2. The number of imidazole rings is 1. The second kappa shape index (κ2) is 11.9. The Kier molecular flexibility index (Phi) is 7.66. The van der Waals surface area contributed by atoms with Crippen LogP contribution in [-0.4, -0.2) is 72.6 Å². The van der Waals surface area contributed by atoms with Crippen LogP contribution in [0.3, 0.4) is 0 Å². The second-order valence-electron chi connectivity index (χ2n) is 14.6. The van der Waals surface area contributed by atoms with Gasteiger partial charge in [0, 0.05) is 54.0 Å². The molecule has 3 saturated carbocycles. The van der Waals surface area contributed by atoms with E-state index in [1.165, 1.54) is 47.4 Å². The summed E-state index contributed by atoms with van der Waals surface area (Å²) in [6, 6.07) is 9.57. The highest BCUT2D eigenvalue weighted by Crippen LogP contribution is 2.73. The third-order valence-electron chi connectivity index (χ3n) is 11.4. The maximum Gasteiger partial charge on any atom is 0.257 e. The number of aliphatic hydroxyl groups excluding tert-OH is 1. The molecule has 10 rings (SSSR count). The highest BCUT2D eigenvalue weighted by molar-refractivity contribution is 7.13. The predicted molar refractivity (Wildman–Crippen MR) is 189 cm³/mol. The second-order valence-corrected chi connectivity index (χ2v) is 16.3. The molecule has 2 aliphatic heterocycles. The van der Waals surface area contributed by atoms with Gasteiger partial charge in [0.25, 0.3) is 5.91 Å². The number of aromatic nitrogens is 5. The molecule has 3 aromatic heterocycles. The Balaban J connectivity index is 0.973. The zero-order valence-corrected chi connectivity index (χ0v) is 29.1. The summed E-state index contributed by atoms with van der Waals surface area (Å²) in [6.07, 6.45) is 9.95. The molecule has 2 atom stereocenters. The van der Waals surface area contributed by atoms with Crippen molar-refractivity contribution in [1.82, 2.24) is 29.2 Å². The quantitative estimate of drug-likeness (QED) is 0.172. The maximum atomic E-state index is 14.4. The van der Waals surface area contributed by atoms with E-state index in [0.29, 0.717) is 55.4 Å². The van der Waals surface area contributed by atoms with Gasteiger partial charge >= 0.3 is 0 Å². The molecule has 49 heavy (non-hydrogen) atoms. The number of nitrogens with zero attached hydrogens (tertiary/aromatic N) is 6. The Hall–Kier alpha value is -3.35. The maximum absolute atomic E-state index is 14.4. The molecular formula is C36H36Cl2FN7O2S. The van der Waals surface area contributed by atoms with Crippen molar-refractivity contribution in [3.05, 3.63) is 81.4 Å². The fourth-order valence-corrected chi connectivity index (χ4v) is 10.2. The summed E-state index contributed by atoms with van der Waals surface area (Å²) in [4.78, 5) is 25.1. The average molecular weight is 721 g/mol. The lowest BCUT2D eigenvalue weighted by Crippen LogP contribution is -2.68. The summed E-state index contributed by atoms with van der Waals surface area (Å²) in [5.41, 5.74) is 5.39. The van der Waals surface area contributed by atoms with Crippen LogP contribution in [0.25, 0.3) is 22.0 Å². The lowest BCUT2D eigenvalue weighted by Gasteiger charge is -2.72. The Morgan fingerprint density at radius 2 is 1.92 bits per heavy atom. The molecule has 0 radical (unpaired) electrons. The number of thiazole rings is 1. The lowest BCUT2D eigenvalue weighted by atomic mass is 9.33. The zero-order valence-electron chi connectivity index (χ0n) is 26.8. The van der Waals surface area contributed by atoms with Crippen LogP contribution in [0, 0.1) is 11.3 Å². The van der Waals surface area contributed by atoms with E-state index in [1.54, 1.807) is 28.7 Å². The Labute approximate surface area is 297 Å². The summed E-state index contributed by atoms with van der Waals surface area (Å²) >= 11 is 15.3. The van der Waals surface area contributed by atoms with Crippen LogP contribution in [0.5, 0.6) is 0 Å². The molecule has 5 aromatic rings. The van der Waals surface area contributed by atoms with E-state index in [2.05, 4.69) is 44.5 Å². The highest BCUT2D eigenvalue weighted by atomic mass is 35.5. The SMILES string of the molecule is O=C(Nc1nccs1)C(c1ncn2c1C[C@@H](F)C2)n1cc2c(Cl)cc(-c3ccc(C45CC(CN6CCC(CO)CC6)(C4)C5)cc3)c(Cl)c2n1. The predicted octanol–water partition coefficient (Wildman–Crippen LogP) is 6.91. The van der Waals surface area contributed by atoms with Gasteiger partial charge in [0.2, 0.25) is 0 Å². The van der Waals surface area contributed by atoms with Crippen molar-refractivity contribution in [1.29, 1.82) is 0 Å². The summed E-state index contributed by atoms with van der Waals surface area (Å²) < 4.78 is 17.7. The van der Waals surface area contributed by atoms with E-state index in [4.69, 9.17) is 28.3 Å². The number of hydrogen-bond donors (Lipinski definition) is 2. The van der Waals surface area contributed by atoms with Gasteiger partial charge in [-0.2, -0.15) is 5.10 Å². The highest BCUT2D eigenvalue weighted by Gasteiger charge is 2.68. The van der Waals surface area contributed by atoms with Gasteiger partial charge in [0.15, 0.2) is 11.2 Å². The number of carbonyl (C=O) groups excluding carboxylic acids is 1. The van der Waals surface area contributed by atoms with Crippen molar-refractivity contribution in [2.75, 3.05) is 31.6 Å². The standard InChI is InChI=1S/C36H36Cl2FN7O2S/c37-27-12-25(22-1-3-23(4-2-22)36-16-35(17-36,18-36)19-44-8-5-21(15-47)6-9-44)29(38)30-26(27)14-46(43-30)32(33(48)42-34-40-7-10-49-34)31-28-11-24(39)13-45(28)20-41-31/h1-4,7,10,12,14,20-21,24,32,47H,5-6,8-9,11,13,15-19H2,(H,40,42,48)/t24-,32?,35?,36?/m1/s1. The van der Waals surface area contributed by atoms with Gasteiger partial charge in [-0.1, -0.05) is 47.5 Å². The molecule has 1 saturated heterocycles. The van der Waals surface area contributed by atoms with E-state index < -0.39 is 18.1 Å². The van der Waals surface area contributed by atoms with Gasteiger partial charge < -0.3 is 14.6 Å². The molecule has 4 fully saturated rings. The Bertz CT molecular complexity index is 2040. The number of fused-ring (bicyclic) bond motifs is 2. The number of nitrogens with one attached hydrogen (secondary N) is 1. The fraction of sp³-hybridized carbons (Fsp3) is 0.444. The van der Waals surface area contributed by atoms with Crippen LogP contribution in [0.1, 0.15) is 55.1 Å². The van der Waals surface area contributed by atoms with Crippen molar-refractivity contribution in [2.24, 2.45) is 11.3 Å². The zero-order chi connectivity index (χ0) is 33.5. The number of carbonyl (C=O) groups is 1. The first-order valence-electron chi connectivity index (χ1n) is 16.9. The molecule has 5 heterocycles. The molecule has 2 bridgehead atoms. The van der Waals surface area contributed by atoms with Crippen LogP contribution in [-0.2, 0) is 23.2 Å². The van der Waals surface area contributed by atoms with Crippen LogP contribution >= 0.6 is 34.5 Å². The van der Waals surface area contributed by atoms with Gasteiger partial charge in [-0.25, -0.2) is 14.4 Å². The molecule has 254 valence electrons. The van der Waals surface area contributed by atoms with Gasteiger partial charge in [0.1, 0.15) is 11.7 Å². The molecule has 1 amide bonds. The van der Waals surface area contributed by atoms with E-state index in [-0.39, 0.29) is 18.4 Å². The van der Waals surface area contributed by atoms with Crippen LogP contribution in [0.2, 0.25) is 10.0 Å². The summed E-state index contributed by atoms with van der Waals surface area (Å²) in [5, 5.41) is 20.9. The number of aliphatic hydroxyl groups is 1. The first-order valence-corrected chi connectivity index (χ1v) is 18.6. The summed E-state index contributed by atoms with van der Waals surface area (Å²) in [7, 11) is 0. The smallest absolute Gasteiger partial charge is 0.257 e. The fourth-order valence-electron chi connectivity index (χ4n) is 9.09. The van der Waals surface area contributed by atoms with Gasteiger partial charge in [-0.3, -0.25) is 14.8 Å². The molecule has 3 aliphatic carbocycles. The molecule has 1 unspecified atom stereocenters. The van der Waals surface area contributed by atoms with E-state index in [1.807, 2.05) is 6.07 Å². The van der Waals surface area contributed by atoms with Crippen molar-refractivity contribution in [2.45, 2.75) is 62.7 Å². The minimum atomic E-state index is -1.04. The third-order valence-corrected chi connectivity index (χ3v) is 12.8. The monoisotopic (exact) mass is 719 g/mol. The number of halogens is 3. The van der Waals surface area contributed by atoms with E-state index >= 15 is 0 Å². The van der Waals surface area contributed by atoms with Gasteiger partial charge in [-0.15, -0.1) is 11.3 Å². The number of alkyl halides is 1. The number of rotatable bonds is 9. The number of hydrogen-bond acceptors (Lipinski definition) is 7. The largest absolute Gasteiger partial charge is 0.396 e. The summed E-state index contributed by atoms with van der Waals surface area (Å²) in [5.74, 6) is 0.0810. The number of likely N-dealkylation sites (tertiary alicyclic amines) is 1. The van der Waals surface area contributed by atoms with Crippen molar-refractivity contribution >= 4 is 56.5 Å². The molecule has 2 aromatic carbocycles. The molecule has 9 nitrogen and oxygen atoms in total. The normalized spacial score (nSPS) is 25.6. The minimum Gasteiger partial charge on any atom is -0.396 e. The van der Waals surface area contributed by atoms with Crippen LogP contribution in [0.4, 0.5) is 9.52 Å². The summed E-state index contributed by atoms with van der Waals surface area (Å²) in [6.45, 7) is 3.91. The third kappa shape index (κ3) is 5.31. The van der Waals surface area contributed by atoms with Gasteiger partial charge in [-0.05, 0) is 79.1 Å². The molecule has 0 spiro atoms. The number of amides is 1. The van der Waals surface area contributed by atoms with Crippen LogP contribution in [0.15, 0.2) is 54.4 Å². The minimum absolute atomic E-state index is 0.172. The van der Waals surface area contributed by atoms with Gasteiger partial charge in [0.05, 0.1) is 28.6 Å². The first-order chi connectivity index (χ1) is 23.7. The molecule has 2 N–H and O–H groups in total. The van der Waals surface area contributed by atoms with Crippen molar-refractivity contribution in [3.8, 4) is 11.1 Å². The molecular weight excluding hydrogens is 684 g/mol. The van der Waals surface area contributed by atoms with E-state index in [0.717, 1.165) is 37.1 Å². The average Bonchev–Trinajstić information content (AvgIpc) is 3.88. The molecule has 5 aliphatic rings. The number of piperidine rings is 1. The van der Waals surface area contributed by atoms with Crippen LogP contribution < -0.4 is 5.32 Å². The van der Waals surface area contributed by atoms with Crippen molar-refractivity contribution in [3.63, 3.8) is 0 Å². The van der Waals surface area contributed by atoms with E-state index in [9.17, 15) is 14.3 Å². The molecule has 13 heteroatoms. The van der Waals surface area contributed by atoms with Crippen molar-refractivity contribution < 1.29 is 14.3 Å². The number of anilines is 1. The Morgan fingerprint density at radius 1 is 1.14 bits per heavy atom. The Morgan fingerprint density at radius 3 is 2.63 bits per heavy atom. The topological polar surface area (TPSA) is 101 Å². The lowest BCUT2D eigenvalue weighted by molar-refractivity contribution is -0.158. The first kappa shape index (κ1) is 31.6.